The van der Waals surface area contributed by atoms with Gasteiger partial charge in [0.15, 0.2) is 0 Å². The van der Waals surface area contributed by atoms with E-state index < -0.39 is 0 Å². The Hall–Kier alpha value is -0.0800. The Morgan fingerprint density at radius 1 is 1.33 bits per heavy atom. The summed E-state index contributed by atoms with van der Waals surface area (Å²) in [4.78, 5) is 0. The Bertz CT molecular complexity index is 141. The van der Waals surface area contributed by atoms with Gasteiger partial charge in [-0.15, -0.1) is 0 Å². The van der Waals surface area contributed by atoms with Gasteiger partial charge >= 0.3 is 0 Å². The van der Waals surface area contributed by atoms with E-state index in [-0.39, 0.29) is 0 Å². The van der Waals surface area contributed by atoms with Gasteiger partial charge in [0, 0.05) is 6.61 Å². The van der Waals surface area contributed by atoms with E-state index in [1.807, 2.05) is 0 Å². The number of rotatable bonds is 8. The van der Waals surface area contributed by atoms with Gasteiger partial charge in [0.2, 0.25) is 0 Å². The minimum absolute atomic E-state index is 0.378. The Kier molecular flexibility index (Phi) is 7.03. The lowest BCUT2D eigenvalue weighted by Crippen LogP contribution is -2.19. The van der Waals surface area contributed by atoms with Crippen molar-refractivity contribution in [3.63, 3.8) is 0 Å². The fourth-order valence-corrected chi connectivity index (χ4v) is 1.99. The lowest BCUT2D eigenvalue weighted by molar-refractivity contribution is -0.0170. The summed E-state index contributed by atoms with van der Waals surface area (Å²) in [7, 11) is 0. The quantitative estimate of drug-likeness (QED) is 0.575. The molecule has 0 saturated carbocycles. The summed E-state index contributed by atoms with van der Waals surface area (Å²) in [5.41, 5.74) is 0. The van der Waals surface area contributed by atoms with Crippen molar-refractivity contribution in [2.24, 2.45) is 0 Å². The topological polar surface area (TPSA) is 18.5 Å². The molecule has 0 N–H and O–H groups in total. The van der Waals surface area contributed by atoms with Gasteiger partial charge in [0.05, 0.1) is 18.8 Å². The van der Waals surface area contributed by atoms with Crippen molar-refractivity contribution >= 4 is 0 Å². The standard InChI is InChI=1S/C13H26O2/c1-3-4-5-6-8-12(2)15-11-13-9-7-10-14-13/h12-13H,3-11H2,1-2H3. The first-order valence-corrected chi connectivity index (χ1v) is 6.56. The van der Waals surface area contributed by atoms with E-state index in [9.17, 15) is 0 Å². The van der Waals surface area contributed by atoms with Gasteiger partial charge < -0.3 is 9.47 Å². The molecule has 0 spiro atoms. The molecule has 2 nitrogen and oxygen atoms in total. The molecule has 2 unspecified atom stereocenters. The number of hydrogen-bond acceptors (Lipinski definition) is 2. The van der Waals surface area contributed by atoms with E-state index in [4.69, 9.17) is 9.47 Å². The molecule has 0 amide bonds. The molecule has 0 aromatic carbocycles. The van der Waals surface area contributed by atoms with Crippen LogP contribution in [0.2, 0.25) is 0 Å². The third-order valence-electron chi connectivity index (χ3n) is 3.05. The van der Waals surface area contributed by atoms with Crippen molar-refractivity contribution < 1.29 is 9.47 Å². The highest BCUT2D eigenvalue weighted by atomic mass is 16.5. The molecule has 15 heavy (non-hydrogen) atoms. The van der Waals surface area contributed by atoms with Crippen LogP contribution in [0.3, 0.4) is 0 Å². The van der Waals surface area contributed by atoms with Crippen LogP contribution in [-0.4, -0.2) is 25.4 Å². The van der Waals surface area contributed by atoms with Crippen LogP contribution in [0.15, 0.2) is 0 Å². The molecule has 0 aromatic rings. The van der Waals surface area contributed by atoms with Gasteiger partial charge in [0.1, 0.15) is 0 Å². The summed E-state index contributed by atoms with van der Waals surface area (Å²) in [6.45, 7) is 6.16. The molecule has 1 aliphatic rings. The third-order valence-corrected chi connectivity index (χ3v) is 3.05. The summed E-state index contributed by atoms with van der Waals surface area (Å²) >= 11 is 0. The highest BCUT2D eigenvalue weighted by Crippen LogP contribution is 2.14. The molecule has 0 aromatic heterocycles. The molecule has 2 atom stereocenters. The van der Waals surface area contributed by atoms with Gasteiger partial charge in [-0.1, -0.05) is 32.6 Å². The summed E-state index contributed by atoms with van der Waals surface area (Å²) < 4.78 is 11.3. The van der Waals surface area contributed by atoms with Crippen LogP contribution in [-0.2, 0) is 9.47 Å². The molecule has 0 bridgehead atoms. The molecule has 0 radical (unpaired) electrons. The molecule has 1 aliphatic heterocycles. The largest absolute Gasteiger partial charge is 0.376 e. The zero-order valence-corrected chi connectivity index (χ0v) is 10.3. The van der Waals surface area contributed by atoms with Crippen molar-refractivity contribution in [3.8, 4) is 0 Å². The smallest absolute Gasteiger partial charge is 0.0809 e. The maximum absolute atomic E-state index is 5.78. The lowest BCUT2D eigenvalue weighted by atomic mass is 10.1. The van der Waals surface area contributed by atoms with Crippen molar-refractivity contribution in [1.82, 2.24) is 0 Å². The second kappa shape index (κ2) is 8.12. The fraction of sp³-hybridized carbons (Fsp3) is 1.00. The lowest BCUT2D eigenvalue weighted by Gasteiger charge is -2.16. The summed E-state index contributed by atoms with van der Waals surface area (Å²) in [6, 6.07) is 0. The van der Waals surface area contributed by atoms with Gasteiger partial charge in [-0.25, -0.2) is 0 Å². The molecule has 1 saturated heterocycles. The minimum Gasteiger partial charge on any atom is -0.376 e. The van der Waals surface area contributed by atoms with E-state index >= 15 is 0 Å². The molecular weight excluding hydrogens is 188 g/mol. The maximum atomic E-state index is 5.78. The molecule has 2 heteroatoms. The monoisotopic (exact) mass is 214 g/mol. The Morgan fingerprint density at radius 3 is 2.87 bits per heavy atom. The van der Waals surface area contributed by atoms with Crippen molar-refractivity contribution in [2.75, 3.05) is 13.2 Å². The number of unbranched alkanes of at least 4 members (excludes halogenated alkanes) is 3. The van der Waals surface area contributed by atoms with Gasteiger partial charge in [-0.2, -0.15) is 0 Å². The summed E-state index contributed by atoms with van der Waals surface area (Å²) in [5, 5.41) is 0. The van der Waals surface area contributed by atoms with Crippen molar-refractivity contribution in [2.45, 2.75) is 71.0 Å². The highest BCUT2D eigenvalue weighted by molar-refractivity contribution is 4.64. The van der Waals surface area contributed by atoms with Crippen LogP contribution in [0, 0.1) is 0 Å². The first-order valence-electron chi connectivity index (χ1n) is 6.56. The van der Waals surface area contributed by atoms with Crippen LogP contribution in [0.25, 0.3) is 0 Å². The summed E-state index contributed by atoms with van der Waals surface area (Å²) in [6.07, 6.45) is 9.71. The zero-order valence-electron chi connectivity index (χ0n) is 10.3. The Balaban J connectivity index is 1.90. The van der Waals surface area contributed by atoms with Gasteiger partial charge in [-0.05, 0) is 26.2 Å². The van der Waals surface area contributed by atoms with E-state index in [0.717, 1.165) is 13.2 Å². The van der Waals surface area contributed by atoms with Crippen molar-refractivity contribution in [1.29, 1.82) is 0 Å². The predicted octanol–water partition coefficient (Wildman–Crippen LogP) is 3.54. The molecule has 1 heterocycles. The number of hydrogen-bond donors (Lipinski definition) is 0. The van der Waals surface area contributed by atoms with Crippen LogP contribution >= 0.6 is 0 Å². The zero-order chi connectivity index (χ0) is 10.9. The minimum atomic E-state index is 0.378. The van der Waals surface area contributed by atoms with E-state index in [1.165, 1.54) is 44.9 Å². The molecule has 1 rings (SSSR count). The van der Waals surface area contributed by atoms with Crippen LogP contribution in [0.1, 0.15) is 58.8 Å². The predicted molar refractivity (Wildman–Crippen MR) is 63.1 cm³/mol. The molecular formula is C13H26O2. The Morgan fingerprint density at radius 2 is 2.20 bits per heavy atom. The van der Waals surface area contributed by atoms with Crippen LogP contribution in [0.4, 0.5) is 0 Å². The molecule has 90 valence electrons. The van der Waals surface area contributed by atoms with Gasteiger partial charge in [-0.3, -0.25) is 0 Å². The van der Waals surface area contributed by atoms with Crippen LogP contribution in [0.5, 0.6) is 0 Å². The fourth-order valence-electron chi connectivity index (χ4n) is 1.99. The maximum Gasteiger partial charge on any atom is 0.0809 e. The number of ether oxygens (including phenoxy) is 2. The first kappa shape index (κ1) is 13.0. The van der Waals surface area contributed by atoms with E-state index in [1.54, 1.807) is 0 Å². The highest BCUT2D eigenvalue weighted by Gasteiger charge is 2.16. The second-order valence-corrected chi connectivity index (χ2v) is 4.63. The van der Waals surface area contributed by atoms with Crippen LogP contribution < -0.4 is 0 Å². The Labute approximate surface area is 94.3 Å². The van der Waals surface area contributed by atoms with Gasteiger partial charge in [0.25, 0.3) is 0 Å². The first-order chi connectivity index (χ1) is 7.33. The average molecular weight is 214 g/mol. The van der Waals surface area contributed by atoms with E-state index in [0.29, 0.717) is 12.2 Å². The molecule has 1 fully saturated rings. The van der Waals surface area contributed by atoms with Crippen molar-refractivity contribution in [3.05, 3.63) is 0 Å². The van der Waals surface area contributed by atoms with E-state index in [2.05, 4.69) is 13.8 Å². The third kappa shape index (κ3) is 6.16. The normalized spacial score (nSPS) is 23.2. The SMILES string of the molecule is CCCCCCC(C)OCC1CCCO1. The average Bonchev–Trinajstić information content (AvgIpc) is 2.74. The molecule has 0 aliphatic carbocycles. The summed E-state index contributed by atoms with van der Waals surface area (Å²) in [5.74, 6) is 0. The second-order valence-electron chi connectivity index (χ2n) is 4.63.